The average molecular weight is 565 g/mol. The van der Waals surface area contributed by atoms with E-state index in [9.17, 15) is 23.5 Å². The number of benzene rings is 2. The van der Waals surface area contributed by atoms with Gasteiger partial charge in [-0.1, -0.05) is 50.0 Å². The number of halogens is 4. The van der Waals surface area contributed by atoms with Crippen LogP contribution in [0.2, 0.25) is 10.0 Å². The van der Waals surface area contributed by atoms with Crippen LogP contribution in [-0.2, 0) is 15.0 Å². The number of Topliss-reactive ketones (excluding diaryl/α,β-unsaturated/α-hetero) is 1. The molecule has 3 N–H and O–H groups in total. The van der Waals surface area contributed by atoms with E-state index in [0.717, 1.165) is 6.42 Å². The van der Waals surface area contributed by atoms with Crippen LogP contribution in [0.25, 0.3) is 0 Å². The molecule has 1 spiro atoms. The molecule has 6 atom stereocenters. The molecule has 1 aliphatic carbocycles. The fourth-order valence-corrected chi connectivity index (χ4v) is 7.19. The number of fused-ring (bicyclic) bond motifs is 2. The van der Waals surface area contributed by atoms with Gasteiger partial charge in [0.25, 0.3) is 0 Å². The van der Waals surface area contributed by atoms with Crippen molar-refractivity contribution >= 4 is 40.6 Å². The Kier molecular flexibility index (Phi) is 7.13. The van der Waals surface area contributed by atoms with Gasteiger partial charge in [0.15, 0.2) is 5.78 Å². The predicted molar refractivity (Wildman–Crippen MR) is 144 cm³/mol. The highest BCUT2D eigenvalue weighted by atomic mass is 35.5. The first-order chi connectivity index (χ1) is 17.8. The first-order valence-corrected chi connectivity index (χ1v) is 13.8. The van der Waals surface area contributed by atoms with Gasteiger partial charge in [-0.25, -0.2) is 8.78 Å². The maximum absolute atomic E-state index is 15.0. The molecular weight excluding hydrogens is 533 g/mol. The summed E-state index contributed by atoms with van der Waals surface area (Å²) in [5.74, 6) is -2.49. The number of hydrogen-bond donors (Lipinski definition) is 3. The molecule has 9 heteroatoms. The molecule has 1 saturated heterocycles. The Balaban J connectivity index is 1.70. The van der Waals surface area contributed by atoms with E-state index < -0.39 is 41.2 Å². The van der Waals surface area contributed by atoms with Gasteiger partial charge in [-0.05, 0) is 72.4 Å². The number of ketones is 1. The Morgan fingerprint density at radius 3 is 2.45 bits per heavy atom. The van der Waals surface area contributed by atoms with Crippen molar-refractivity contribution in [2.24, 2.45) is 11.3 Å². The number of hydrogen-bond acceptors (Lipinski definition) is 4. The molecular formula is C29H32Cl2F2N2O3. The van der Waals surface area contributed by atoms with Crippen LogP contribution >= 0.6 is 23.2 Å². The van der Waals surface area contributed by atoms with Crippen LogP contribution in [0.4, 0.5) is 14.5 Å². The summed E-state index contributed by atoms with van der Waals surface area (Å²) in [4.78, 5) is 28.1. The van der Waals surface area contributed by atoms with Gasteiger partial charge in [-0.3, -0.25) is 9.59 Å². The zero-order valence-corrected chi connectivity index (χ0v) is 23.1. The van der Waals surface area contributed by atoms with E-state index in [1.54, 1.807) is 6.07 Å². The minimum Gasteiger partial charge on any atom is -0.393 e. The van der Waals surface area contributed by atoms with E-state index >= 15 is 0 Å². The van der Waals surface area contributed by atoms with Crippen molar-refractivity contribution in [2.75, 3.05) is 5.32 Å². The normalized spacial score (nSPS) is 30.6. The Morgan fingerprint density at radius 2 is 1.82 bits per heavy atom. The van der Waals surface area contributed by atoms with E-state index in [2.05, 4.69) is 10.6 Å². The Hall–Kier alpha value is -2.06. The lowest BCUT2D eigenvalue weighted by atomic mass is 9.62. The topological polar surface area (TPSA) is 78.4 Å². The summed E-state index contributed by atoms with van der Waals surface area (Å²) < 4.78 is 29.2. The molecule has 1 unspecified atom stereocenters. The fourth-order valence-electron chi connectivity index (χ4n) is 6.84. The zero-order chi connectivity index (χ0) is 27.6. The van der Waals surface area contributed by atoms with E-state index in [-0.39, 0.29) is 39.5 Å². The largest absolute Gasteiger partial charge is 0.393 e. The number of aliphatic hydroxyl groups is 1. The van der Waals surface area contributed by atoms with Crippen molar-refractivity contribution in [2.45, 2.75) is 82.4 Å². The van der Waals surface area contributed by atoms with E-state index in [1.807, 2.05) is 20.8 Å². The van der Waals surface area contributed by atoms with Crippen molar-refractivity contribution in [3.05, 3.63) is 63.1 Å². The highest BCUT2D eigenvalue weighted by Crippen LogP contribution is 2.57. The van der Waals surface area contributed by atoms with Gasteiger partial charge in [0.1, 0.15) is 17.0 Å². The summed E-state index contributed by atoms with van der Waals surface area (Å²) in [6, 6.07) is 5.57. The van der Waals surface area contributed by atoms with Crippen LogP contribution in [0.1, 0.15) is 69.9 Å². The van der Waals surface area contributed by atoms with Gasteiger partial charge in [0.2, 0.25) is 5.91 Å². The molecule has 204 valence electrons. The first-order valence-electron chi connectivity index (χ1n) is 13.0. The number of nitrogens with one attached hydrogen (secondary N) is 2. The third-order valence-corrected chi connectivity index (χ3v) is 8.93. The highest BCUT2D eigenvalue weighted by Gasteiger charge is 2.65. The van der Waals surface area contributed by atoms with E-state index in [0.29, 0.717) is 36.1 Å². The van der Waals surface area contributed by atoms with Gasteiger partial charge in [0, 0.05) is 24.1 Å². The van der Waals surface area contributed by atoms with E-state index in [1.165, 1.54) is 24.3 Å². The molecule has 0 bridgehead atoms. The minimum absolute atomic E-state index is 0.0373. The molecule has 2 aliphatic heterocycles. The van der Waals surface area contributed by atoms with Crippen LogP contribution in [0, 0.1) is 23.0 Å². The highest BCUT2D eigenvalue weighted by molar-refractivity contribution is 6.31. The number of anilines is 1. The van der Waals surface area contributed by atoms with E-state index in [4.69, 9.17) is 23.2 Å². The molecule has 2 heterocycles. The summed E-state index contributed by atoms with van der Waals surface area (Å²) >= 11 is 12.3. The maximum atomic E-state index is 15.0. The van der Waals surface area contributed by atoms with Crippen LogP contribution in [0.5, 0.6) is 0 Å². The summed E-state index contributed by atoms with van der Waals surface area (Å²) in [5, 5.41) is 16.2. The summed E-state index contributed by atoms with van der Waals surface area (Å²) in [5.41, 5.74) is -0.291. The number of carbonyl (C=O) groups is 2. The van der Waals surface area contributed by atoms with Crippen molar-refractivity contribution in [3.8, 4) is 0 Å². The van der Waals surface area contributed by atoms with Crippen molar-refractivity contribution in [1.29, 1.82) is 0 Å². The van der Waals surface area contributed by atoms with Gasteiger partial charge >= 0.3 is 0 Å². The molecule has 2 fully saturated rings. The van der Waals surface area contributed by atoms with Crippen LogP contribution < -0.4 is 10.6 Å². The second-order valence-corrected chi connectivity index (χ2v) is 13.1. The first kappa shape index (κ1) is 27.5. The molecule has 3 aliphatic rings. The second-order valence-electron chi connectivity index (χ2n) is 12.3. The Morgan fingerprint density at radius 1 is 1.11 bits per heavy atom. The molecule has 2 aromatic rings. The van der Waals surface area contributed by atoms with Crippen molar-refractivity contribution in [1.82, 2.24) is 5.32 Å². The fraction of sp³-hybridized carbons (Fsp3) is 0.517. The molecule has 5 rings (SSSR count). The lowest BCUT2D eigenvalue weighted by Gasteiger charge is -2.37. The number of carbonyl (C=O) groups excluding carboxylic acids is 2. The van der Waals surface area contributed by atoms with Crippen LogP contribution in [0.15, 0.2) is 30.3 Å². The lowest BCUT2D eigenvalue weighted by Crippen LogP contribution is -2.49. The molecule has 1 amide bonds. The molecule has 38 heavy (non-hydrogen) atoms. The maximum Gasteiger partial charge on any atom is 0.237 e. The monoisotopic (exact) mass is 564 g/mol. The third kappa shape index (κ3) is 4.66. The molecule has 0 aromatic heterocycles. The third-order valence-electron chi connectivity index (χ3n) is 8.35. The predicted octanol–water partition coefficient (Wildman–Crippen LogP) is 6.14. The van der Waals surface area contributed by atoms with Gasteiger partial charge in [-0.2, -0.15) is 0 Å². The Bertz CT molecular complexity index is 1300. The average Bonchev–Trinajstić information content (AvgIpc) is 3.45. The van der Waals surface area contributed by atoms with Gasteiger partial charge in [-0.15, -0.1) is 0 Å². The quantitative estimate of drug-likeness (QED) is 0.407. The molecule has 1 saturated carbocycles. The molecule has 0 radical (unpaired) electrons. The second kappa shape index (κ2) is 9.84. The van der Waals surface area contributed by atoms with Crippen molar-refractivity contribution < 1.29 is 23.5 Å². The molecule has 2 aromatic carbocycles. The SMILES string of the molecule is CC(C)(C)C[C@H]1N[C@@H](C(=O)CC2CC[C@@H](O)C2)[C@H](c2ccc(F)c(Cl)c2)[C@@]12C(=O)Nc1cc(Cl)c(F)cc12. The summed E-state index contributed by atoms with van der Waals surface area (Å²) in [6.07, 6.45) is 2.27. The summed E-state index contributed by atoms with van der Waals surface area (Å²) in [6.45, 7) is 6.12. The lowest BCUT2D eigenvalue weighted by molar-refractivity contribution is -0.123. The Labute approximate surface area is 231 Å². The van der Waals surface area contributed by atoms with Gasteiger partial charge in [0.05, 0.1) is 22.2 Å². The standard InChI is InChI=1S/C29H32Cl2F2N2O3/c1-28(2,3)13-24-29(17-11-21(33)19(31)12-22(17)34-27(29)38)25(15-5-7-20(32)18(30)10-15)26(35-24)23(37)9-14-4-6-16(36)8-14/h5,7,10-12,14,16,24-26,35-36H,4,6,8-9,13H2,1-3H3,(H,34,38)/t14?,16-,24-,25+,26+,29+/m1/s1. The van der Waals surface area contributed by atoms with Gasteiger partial charge < -0.3 is 15.7 Å². The van der Waals surface area contributed by atoms with Crippen molar-refractivity contribution in [3.63, 3.8) is 0 Å². The summed E-state index contributed by atoms with van der Waals surface area (Å²) in [7, 11) is 0. The number of aliphatic hydroxyl groups excluding tert-OH is 1. The zero-order valence-electron chi connectivity index (χ0n) is 21.6. The number of amides is 1. The molecule has 5 nitrogen and oxygen atoms in total. The van der Waals surface area contributed by atoms with Crippen LogP contribution in [-0.4, -0.2) is 35.0 Å². The number of rotatable bonds is 5. The minimum atomic E-state index is -1.37. The van der Waals surface area contributed by atoms with Crippen LogP contribution in [0.3, 0.4) is 0 Å². The smallest absolute Gasteiger partial charge is 0.237 e.